The SMILES string of the molecule is C=CCCNC(=O)c1cc(=O)[nH]c(=O)[nH]1. The highest BCUT2D eigenvalue weighted by Gasteiger charge is 2.06. The molecule has 6 heteroatoms. The molecular formula is C9H11N3O3. The van der Waals surface area contributed by atoms with Gasteiger partial charge in [0.1, 0.15) is 5.69 Å². The number of hydrogen-bond acceptors (Lipinski definition) is 3. The molecule has 0 atom stereocenters. The van der Waals surface area contributed by atoms with Crippen LogP contribution < -0.4 is 16.6 Å². The summed E-state index contributed by atoms with van der Waals surface area (Å²) in [6, 6.07) is 1.03. The molecule has 0 aliphatic heterocycles. The van der Waals surface area contributed by atoms with Gasteiger partial charge in [-0.3, -0.25) is 14.6 Å². The van der Waals surface area contributed by atoms with Crippen LogP contribution in [0.4, 0.5) is 0 Å². The van der Waals surface area contributed by atoms with Gasteiger partial charge < -0.3 is 10.3 Å². The van der Waals surface area contributed by atoms with Crippen LogP contribution in [0.15, 0.2) is 28.3 Å². The minimum Gasteiger partial charge on any atom is -0.350 e. The van der Waals surface area contributed by atoms with Crippen LogP contribution in [0.5, 0.6) is 0 Å². The predicted octanol–water partition coefficient (Wildman–Crippen LogP) is -0.631. The van der Waals surface area contributed by atoms with Gasteiger partial charge >= 0.3 is 5.69 Å². The predicted molar refractivity (Wildman–Crippen MR) is 54.8 cm³/mol. The summed E-state index contributed by atoms with van der Waals surface area (Å²) in [5.74, 6) is -0.486. The van der Waals surface area contributed by atoms with Gasteiger partial charge in [0.25, 0.3) is 11.5 Å². The Balaban J connectivity index is 2.78. The summed E-state index contributed by atoms with van der Waals surface area (Å²) in [5.41, 5.74) is -1.35. The van der Waals surface area contributed by atoms with Gasteiger partial charge in [0.2, 0.25) is 0 Å². The molecule has 0 aliphatic carbocycles. The molecule has 6 nitrogen and oxygen atoms in total. The molecule has 1 amide bonds. The van der Waals surface area contributed by atoms with Crippen molar-refractivity contribution in [2.75, 3.05) is 6.54 Å². The van der Waals surface area contributed by atoms with Crippen molar-refractivity contribution in [1.82, 2.24) is 15.3 Å². The summed E-state index contributed by atoms with van der Waals surface area (Å²) in [4.78, 5) is 37.3. The fraction of sp³-hybridized carbons (Fsp3) is 0.222. The molecule has 0 aliphatic rings. The Morgan fingerprint density at radius 3 is 2.80 bits per heavy atom. The van der Waals surface area contributed by atoms with Gasteiger partial charge in [0.15, 0.2) is 0 Å². The maximum Gasteiger partial charge on any atom is 0.326 e. The van der Waals surface area contributed by atoms with Crippen LogP contribution in [0.2, 0.25) is 0 Å². The molecule has 0 fully saturated rings. The van der Waals surface area contributed by atoms with Gasteiger partial charge in [0.05, 0.1) is 0 Å². The molecule has 0 saturated heterocycles. The second-order valence-corrected chi connectivity index (χ2v) is 2.83. The minimum absolute atomic E-state index is 0.0483. The van der Waals surface area contributed by atoms with Crippen LogP contribution in [0.3, 0.4) is 0 Å². The van der Waals surface area contributed by atoms with Crippen molar-refractivity contribution < 1.29 is 4.79 Å². The summed E-state index contributed by atoms with van der Waals surface area (Å²) in [6.07, 6.45) is 2.28. The lowest BCUT2D eigenvalue weighted by molar-refractivity contribution is 0.0948. The second kappa shape index (κ2) is 4.94. The average molecular weight is 209 g/mol. The maximum atomic E-state index is 11.4. The Bertz CT molecular complexity index is 444. The van der Waals surface area contributed by atoms with Gasteiger partial charge in [-0.25, -0.2) is 4.79 Å². The lowest BCUT2D eigenvalue weighted by Crippen LogP contribution is -2.31. The largest absolute Gasteiger partial charge is 0.350 e. The van der Waals surface area contributed by atoms with Crippen molar-refractivity contribution in [3.63, 3.8) is 0 Å². The van der Waals surface area contributed by atoms with E-state index >= 15 is 0 Å². The Morgan fingerprint density at radius 1 is 1.47 bits per heavy atom. The third-order valence-electron chi connectivity index (χ3n) is 1.64. The van der Waals surface area contributed by atoms with Crippen molar-refractivity contribution in [2.45, 2.75) is 6.42 Å². The van der Waals surface area contributed by atoms with Crippen LogP contribution in [0.1, 0.15) is 16.9 Å². The lowest BCUT2D eigenvalue weighted by Gasteiger charge is -2.01. The lowest BCUT2D eigenvalue weighted by atomic mass is 10.3. The first-order valence-corrected chi connectivity index (χ1v) is 4.36. The Hall–Kier alpha value is -2.11. The van der Waals surface area contributed by atoms with E-state index in [-0.39, 0.29) is 5.69 Å². The highest BCUT2D eigenvalue weighted by atomic mass is 16.2. The fourth-order valence-corrected chi connectivity index (χ4v) is 0.974. The first kappa shape index (κ1) is 11.0. The van der Waals surface area contributed by atoms with E-state index in [4.69, 9.17) is 0 Å². The monoisotopic (exact) mass is 209 g/mol. The zero-order chi connectivity index (χ0) is 11.3. The molecule has 1 rings (SSSR count). The summed E-state index contributed by atoms with van der Waals surface area (Å²) in [7, 11) is 0. The van der Waals surface area contributed by atoms with Crippen LogP contribution in [0.25, 0.3) is 0 Å². The quantitative estimate of drug-likeness (QED) is 0.455. The molecule has 80 valence electrons. The molecule has 0 aromatic carbocycles. The van der Waals surface area contributed by atoms with E-state index in [2.05, 4.69) is 16.9 Å². The molecule has 15 heavy (non-hydrogen) atoms. The van der Waals surface area contributed by atoms with Crippen molar-refractivity contribution in [3.05, 3.63) is 45.3 Å². The van der Waals surface area contributed by atoms with Gasteiger partial charge in [-0.05, 0) is 6.42 Å². The topological polar surface area (TPSA) is 94.8 Å². The van der Waals surface area contributed by atoms with Crippen LogP contribution in [0, 0.1) is 0 Å². The summed E-state index contributed by atoms with van der Waals surface area (Å²) in [6.45, 7) is 3.91. The molecule has 1 aromatic rings. The number of nitrogens with one attached hydrogen (secondary N) is 3. The van der Waals surface area contributed by atoms with Gasteiger partial charge in [-0.15, -0.1) is 6.58 Å². The Kier molecular flexibility index (Phi) is 3.61. The number of H-pyrrole nitrogens is 2. The van der Waals surface area contributed by atoms with Gasteiger partial charge in [0, 0.05) is 12.6 Å². The van der Waals surface area contributed by atoms with E-state index in [1.54, 1.807) is 6.08 Å². The van der Waals surface area contributed by atoms with Crippen LogP contribution in [-0.2, 0) is 0 Å². The van der Waals surface area contributed by atoms with Gasteiger partial charge in [-0.1, -0.05) is 6.08 Å². The standard InChI is InChI=1S/C9H11N3O3/c1-2-3-4-10-8(14)6-5-7(13)12-9(15)11-6/h2,5H,1,3-4H2,(H,10,14)(H2,11,12,13,15). The molecule has 0 spiro atoms. The van der Waals surface area contributed by atoms with Crippen molar-refractivity contribution in [2.24, 2.45) is 0 Å². The third kappa shape index (κ3) is 3.26. The summed E-state index contributed by atoms with van der Waals surface area (Å²) >= 11 is 0. The smallest absolute Gasteiger partial charge is 0.326 e. The maximum absolute atomic E-state index is 11.4. The third-order valence-corrected chi connectivity index (χ3v) is 1.64. The van der Waals surface area contributed by atoms with E-state index < -0.39 is 17.2 Å². The number of aromatic nitrogens is 2. The van der Waals surface area contributed by atoms with Gasteiger partial charge in [-0.2, -0.15) is 0 Å². The zero-order valence-corrected chi connectivity index (χ0v) is 8.00. The van der Waals surface area contributed by atoms with Crippen molar-refractivity contribution in [1.29, 1.82) is 0 Å². The average Bonchev–Trinajstić information content (AvgIpc) is 2.16. The second-order valence-electron chi connectivity index (χ2n) is 2.83. The van der Waals surface area contributed by atoms with E-state index in [1.807, 2.05) is 4.98 Å². The molecule has 0 radical (unpaired) electrons. The molecule has 3 N–H and O–H groups in total. The normalized spacial score (nSPS) is 9.60. The van der Waals surface area contributed by atoms with E-state index in [9.17, 15) is 14.4 Å². The van der Waals surface area contributed by atoms with E-state index in [1.165, 1.54) is 0 Å². The first-order valence-electron chi connectivity index (χ1n) is 4.36. The minimum atomic E-state index is -0.698. The highest BCUT2D eigenvalue weighted by Crippen LogP contribution is 1.85. The van der Waals surface area contributed by atoms with Crippen LogP contribution >= 0.6 is 0 Å². The number of aromatic amines is 2. The molecule has 0 unspecified atom stereocenters. The van der Waals surface area contributed by atoms with E-state index in [0.29, 0.717) is 13.0 Å². The molecule has 0 saturated carbocycles. The molecule has 1 aromatic heterocycles. The van der Waals surface area contributed by atoms with Crippen molar-refractivity contribution in [3.8, 4) is 0 Å². The highest BCUT2D eigenvalue weighted by molar-refractivity contribution is 5.91. The fourth-order valence-electron chi connectivity index (χ4n) is 0.974. The molecule has 0 bridgehead atoms. The van der Waals surface area contributed by atoms with Crippen molar-refractivity contribution >= 4 is 5.91 Å². The zero-order valence-electron chi connectivity index (χ0n) is 8.00. The summed E-state index contributed by atoms with van der Waals surface area (Å²) in [5, 5.41) is 2.52. The van der Waals surface area contributed by atoms with Crippen LogP contribution in [-0.4, -0.2) is 22.4 Å². The number of hydrogen-bond donors (Lipinski definition) is 3. The number of rotatable bonds is 4. The Labute approximate surface area is 85.0 Å². The summed E-state index contributed by atoms with van der Waals surface area (Å²) < 4.78 is 0. The first-order chi connectivity index (χ1) is 7.13. The number of carbonyl (C=O) groups excluding carboxylic acids is 1. The van der Waals surface area contributed by atoms with E-state index in [0.717, 1.165) is 6.07 Å². The number of carbonyl (C=O) groups is 1. The molecule has 1 heterocycles. The Morgan fingerprint density at radius 2 is 2.20 bits per heavy atom. The molecular weight excluding hydrogens is 198 g/mol. The number of amides is 1.